The summed E-state index contributed by atoms with van der Waals surface area (Å²) in [7, 11) is 0. The molecule has 0 atom stereocenters. The first kappa shape index (κ1) is 11.3. The van der Waals surface area contributed by atoms with Gasteiger partial charge in [-0.25, -0.2) is 0 Å². The van der Waals surface area contributed by atoms with Gasteiger partial charge in [0.1, 0.15) is 11.5 Å². The number of rotatable bonds is 3. The maximum Gasteiger partial charge on any atom is 0.130 e. The topological polar surface area (TPSA) is 9.23 Å². The molecule has 0 N–H and O–H groups in total. The van der Waals surface area contributed by atoms with E-state index in [0.717, 1.165) is 30.8 Å². The van der Waals surface area contributed by atoms with Gasteiger partial charge < -0.3 is 4.74 Å². The van der Waals surface area contributed by atoms with E-state index < -0.39 is 0 Å². The molecule has 1 aliphatic rings. The Balaban J connectivity index is 2.10. The standard InChI is InChI=1S/C15H19O/c1-2-13-9-7-8-12-15(13)16-14-10-5-3-4-6-11-14/h7-10,12H,1-6,11H2. The summed E-state index contributed by atoms with van der Waals surface area (Å²) in [6, 6.07) is 8.17. The van der Waals surface area contributed by atoms with Crippen molar-refractivity contribution in [3.63, 3.8) is 0 Å². The molecular weight excluding hydrogens is 196 g/mol. The van der Waals surface area contributed by atoms with Gasteiger partial charge in [0.05, 0.1) is 0 Å². The average Bonchev–Trinajstić information content (AvgIpc) is 2.58. The van der Waals surface area contributed by atoms with Gasteiger partial charge in [-0.2, -0.15) is 0 Å². The van der Waals surface area contributed by atoms with Crippen LogP contribution in [0.4, 0.5) is 0 Å². The van der Waals surface area contributed by atoms with Crippen molar-refractivity contribution in [2.75, 3.05) is 0 Å². The van der Waals surface area contributed by atoms with Gasteiger partial charge in [-0.1, -0.05) is 24.6 Å². The van der Waals surface area contributed by atoms with Crippen LogP contribution < -0.4 is 4.74 Å². The Bertz CT molecular complexity index is 365. The van der Waals surface area contributed by atoms with Crippen LogP contribution >= 0.6 is 0 Å². The molecule has 1 radical (unpaired) electrons. The summed E-state index contributed by atoms with van der Waals surface area (Å²) in [5, 5.41) is 0. The third-order valence-corrected chi connectivity index (χ3v) is 2.98. The summed E-state index contributed by atoms with van der Waals surface area (Å²) in [5.41, 5.74) is 1.19. The average molecular weight is 215 g/mol. The van der Waals surface area contributed by atoms with Crippen LogP contribution in [0, 0.1) is 6.92 Å². The van der Waals surface area contributed by atoms with Crippen LogP contribution in [0.15, 0.2) is 36.1 Å². The van der Waals surface area contributed by atoms with Gasteiger partial charge in [0, 0.05) is 6.42 Å². The number of ether oxygens (including phenoxy) is 1. The van der Waals surface area contributed by atoms with Gasteiger partial charge in [0.25, 0.3) is 0 Å². The van der Waals surface area contributed by atoms with Crippen LogP contribution in [-0.2, 0) is 6.42 Å². The number of hydrogen-bond acceptors (Lipinski definition) is 1. The molecule has 1 aromatic carbocycles. The quantitative estimate of drug-likeness (QED) is 0.730. The lowest BCUT2D eigenvalue weighted by atomic mass is 10.1. The molecule has 1 aromatic rings. The number of benzene rings is 1. The van der Waals surface area contributed by atoms with Crippen molar-refractivity contribution in [1.29, 1.82) is 0 Å². The zero-order valence-corrected chi connectivity index (χ0v) is 9.74. The van der Waals surface area contributed by atoms with Crippen molar-refractivity contribution in [1.82, 2.24) is 0 Å². The SMILES string of the molecule is [CH2]Cc1ccccc1OC1=CCCCCC1. The molecule has 85 valence electrons. The predicted molar refractivity (Wildman–Crippen MR) is 67.3 cm³/mol. The molecule has 1 aliphatic carbocycles. The fraction of sp³-hybridized carbons (Fsp3) is 0.400. The van der Waals surface area contributed by atoms with Crippen molar-refractivity contribution >= 4 is 0 Å². The minimum atomic E-state index is 0.781. The lowest BCUT2D eigenvalue weighted by Crippen LogP contribution is -1.97. The molecule has 16 heavy (non-hydrogen) atoms. The van der Waals surface area contributed by atoms with Crippen LogP contribution in [-0.4, -0.2) is 0 Å². The van der Waals surface area contributed by atoms with Crippen LogP contribution in [0.2, 0.25) is 0 Å². The Labute approximate surface area is 98.1 Å². The van der Waals surface area contributed by atoms with Gasteiger partial charge in [0.15, 0.2) is 0 Å². The Hall–Kier alpha value is -1.24. The zero-order valence-electron chi connectivity index (χ0n) is 9.74. The molecule has 2 rings (SSSR count). The van der Waals surface area contributed by atoms with Gasteiger partial charge >= 0.3 is 0 Å². The Morgan fingerprint density at radius 3 is 2.88 bits per heavy atom. The molecular formula is C15H19O. The van der Waals surface area contributed by atoms with Crippen LogP contribution in [0.25, 0.3) is 0 Å². The second-order valence-electron chi connectivity index (χ2n) is 4.23. The van der Waals surface area contributed by atoms with Crippen molar-refractivity contribution in [2.45, 2.75) is 38.5 Å². The molecule has 0 aliphatic heterocycles. The monoisotopic (exact) mass is 215 g/mol. The van der Waals surface area contributed by atoms with E-state index in [9.17, 15) is 0 Å². The fourth-order valence-corrected chi connectivity index (χ4v) is 2.03. The van der Waals surface area contributed by atoms with E-state index in [4.69, 9.17) is 4.74 Å². The van der Waals surface area contributed by atoms with Gasteiger partial charge in [-0.05, 0) is 50.3 Å². The Kier molecular flexibility index (Phi) is 4.03. The lowest BCUT2D eigenvalue weighted by molar-refractivity contribution is 0.396. The molecule has 0 amide bonds. The summed E-state index contributed by atoms with van der Waals surface area (Å²) in [6.45, 7) is 3.93. The fourth-order valence-electron chi connectivity index (χ4n) is 2.03. The van der Waals surface area contributed by atoms with E-state index in [1.807, 2.05) is 18.2 Å². The summed E-state index contributed by atoms with van der Waals surface area (Å²) in [6.07, 6.45) is 9.12. The number of hydrogen-bond donors (Lipinski definition) is 0. The maximum atomic E-state index is 5.98. The third kappa shape index (κ3) is 2.88. The first-order chi connectivity index (χ1) is 7.90. The highest BCUT2D eigenvalue weighted by Gasteiger charge is 2.07. The maximum absolute atomic E-state index is 5.98. The molecule has 1 nitrogen and oxygen atoms in total. The van der Waals surface area contributed by atoms with Crippen LogP contribution in [0.3, 0.4) is 0 Å². The normalized spacial score (nSPS) is 16.4. The van der Waals surface area contributed by atoms with Crippen LogP contribution in [0.1, 0.15) is 37.7 Å². The minimum Gasteiger partial charge on any atom is -0.462 e. The summed E-state index contributed by atoms with van der Waals surface area (Å²) in [4.78, 5) is 0. The van der Waals surface area contributed by atoms with Crippen molar-refractivity contribution < 1.29 is 4.74 Å². The van der Waals surface area contributed by atoms with E-state index in [-0.39, 0.29) is 0 Å². The molecule has 0 unspecified atom stereocenters. The molecule has 0 fully saturated rings. The van der Waals surface area contributed by atoms with Crippen molar-refractivity contribution in [3.8, 4) is 5.75 Å². The summed E-state index contributed by atoms with van der Waals surface area (Å²) < 4.78 is 5.98. The zero-order chi connectivity index (χ0) is 11.2. The smallest absolute Gasteiger partial charge is 0.130 e. The highest BCUT2D eigenvalue weighted by Crippen LogP contribution is 2.24. The van der Waals surface area contributed by atoms with Crippen molar-refractivity contribution in [3.05, 3.63) is 48.6 Å². The molecule has 0 saturated heterocycles. The Morgan fingerprint density at radius 1 is 1.12 bits per heavy atom. The molecule has 0 aromatic heterocycles. The first-order valence-corrected chi connectivity index (χ1v) is 6.14. The predicted octanol–water partition coefficient (Wildman–Crippen LogP) is 4.29. The highest BCUT2D eigenvalue weighted by atomic mass is 16.5. The lowest BCUT2D eigenvalue weighted by Gasteiger charge is -2.12. The molecule has 0 spiro atoms. The van der Waals surface area contributed by atoms with Gasteiger partial charge in [-0.15, -0.1) is 0 Å². The summed E-state index contributed by atoms with van der Waals surface area (Å²) in [5.74, 6) is 2.11. The van der Waals surface area contributed by atoms with Gasteiger partial charge in [0.2, 0.25) is 0 Å². The minimum absolute atomic E-state index is 0.781. The second-order valence-corrected chi connectivity index (χ2v) is 4.23. The van der Waals surface area contributed by atoms with E-state index >= 15 is 0 Å². The van der Waals surface area contributed by atoms with E-state index in [0.29, 0.717) is 0 Å². The largest absolute Gasteiger partial charge is 0.462 e. The highest BCUT2D eigenvalue weighted by molar-refractivity contribution is 5.35. The summed E-state index contributed by atoms with van der Waals surface area (Å²) >= 11 is 0. The first-order valence-electron chi connectivity index (χ1n) is 6.14. The molecule has 1 heteroatoms. The van der Waals surface area contributed by atoms with Crippen molar-refractivity contribution in [2.24, 2.45) is 0 Å². The second kappa shape index (κ2) is 5.74. The molecule has 0 bridgehead atoms. The van der Waals surface area contributed by atoms with Crippen LogP contribution in [0.5, 0.6) is 5.75 Å². The number of allylic oxidation sites excluding steroid dienone is 2. The van der Waals surface area contributed by atoms with E-state index in [1.165, 1.54) is 24.8 Å². The number of para-hydroxylation sites is 1. The Morgan fingerprint density at radius 2 is 2.00 bits per heavy atom. The van der Waals surface area contributed by atoms with E-state index in [1.54, 1.807) is 0 Å². The molecule has 0 heterocycles. The van der Waals surface area contributed by atoms with E-state index in [2.05, 4.69) is 19.1 Å². The molecule has 0 saturated carbocycles. The van der Waals surface area contributed by atoms with Gasteiger partial charge in [-0.3, -0.25) is 0 Å². The third-order valence-electron chi connectivity index (χ3n) is 2.98.